The standard InChI is InChI=1S/C15H25N3O2/c1-11(2)20-10-15(19)18(3)14-9-13(16-17-14)12-7-5-4-6-8-12/h9,11-12H,4-8,10H2,1-3H3,(H,16,17). The van der Waals surface area contributed by atoms with Gasteiger partial charge in [0.1, 0.15) is 6.61 Å². The summed E-state index contributed by atoms with van der Waals surface area (Å²) in [5.41, 5.74) is 1.16. The number of aromatic amines is 1. The first kappa shape index (κ1) is 15.0. The van der Waals surface area contributed by atoms with E-state index in [2.05, 4.69) is 10.2 Å². The van der Waals surface area contributed by atoms with E-state index in [1.54, 1.807) is 11.9 Å². The third-order valence-corrected chi connectivity index (χ3v) is 3.89. The number of carbonyl (C=O) groups excluding carboxylic acids is 1. The molecule has 1 heterocycles. The third kappa shape index (κ3) is 3.82. The molecule has 20 heavy (non-hydrogen) atoms. The Hall–Kier alpha value is -1.36. The number of nitrogens with one attached hydrogen (secondary N) is 1. The van der Waals surface area contributed by atoms with Gasteiger partial charge in [-0.05, 0) is 26.7 Å². The van der Waals surface area contributed by atoms with E-state index in [9.17, 15) is 4.79 Å². The van der Waals surface area contributed by atoms with Gasteiger partial charge in [0.05, 0.1) is 6.10 Å². The molecule has 0 unspecified atom stereocenters. The van der Waals surface area contributed by atoms with Gasteiger partial charge in [-0.2, -0.15) is 5.10 Å². The van der Waals surface area contributed by atoms with Gasteiger partial charge in [-0.25, -0.2) is 0 Å². The summed E-state index contributed by atoms with van der Waals surface area (Å²) in [6.45, 7) is 3.94. The van der Waals surface area contributed by atoms with E-state index in [1.807, 2.05) is 19.9 Å². The summed E-state index contributed by atoms with van der Waals surface area (Å²) in [6.07, 6.45) is 6.41. The number of H-pyrrole nitrogens is 1. The normalized spacial score (nSPS) is 16.6. The van der Waals surface area contributed by atoms with Crippen molar-refractivity contribution in [1.82, 2.24) is 10.2 Å². The SMILES string of the molecule is CC(C)OCC(=O)N(C)c1cc(C2CCCCC2)[nH]n1. The van der Waals surface area contributed by atoms with Crippen LogP contribution in [0.15, 0.2) is 6.07 Å². The monoisotopic (exact) mass is 279 g/mol. The van der Waals surface area contributed by atoms with Gasteiger partial charge in [0.25, 0.3) is 5.91 Å². The van der Waals surface area contributed by atoms with Crippen molar-refractivity contribution in [2.24, 2.45) is 0 Å². The molecule has 0 saturated heterocycles. The quantitative estimate of drug-likeness (QED) is 0.901. The van der Waals surface area contributed by atoms with Crippen LogP contribution in [0, 0.1) is 0 Å². The number of ether oxygens (including phenoxy) is 1. The summed E-state index contributed by atoms with van der Waals surface area (Å²) in [6, 6.07) is 2.00. The van der Waals surface area contributed by atoms with Crippen LogP contribution in [0.5, 0.6) is 0 Å². The molecule has 0 radical (unpaired) electrons. The number of hydrogen-bond acceptors (Lipinski definition) is 3. The van der Waals surface area contributed by atoms with Crippen LogP contribution >= 0.6 is 0 Å². The van der Waals surface area contributed by atoms with Crippen molar-refractivity contribution in [2.45, 2.75) is 58.0 Å². The van der Waals surface area contributed by atoms with Gasteiger partial charge in [0.2, 0.25) is 0 Å². The average molecular weight is 279 g/mol. The first-order valence-corrected chi connectivity index (χ1v) is 7.51. The molecular weight excluding hydrogens is 254 g/mol. The number of rotatable bonds is 5. The lowest BCUT2D eigenvalue weighted by Crippen LogP contribution is -2.31. The number of amides is 1. The lowest BCUT2D eigenvalue weighted by molar-refractivity contribution is -0.124. The van der Waals surface area contributed by atoms with Gasteiger partial charge < -0.3 is 4.74 Å². The largest absolute Gasteiger partial charge is 0.369 e. The fourth-order valence-corrected chi connectivity index (χ4v) is 2.58. The van der Waals surface area contributed by atoms with Crippen LogP contribution in [-0.2, 0) is 9.53 Å². The Morgan fingerprint density at radius 1 is 1.45 bits per heavy atom. The Morgan fingerprint density at radius 3 is 2.80 bits per heavy atom. The first-order valence-electron chi connectivity index (χ1n) is 7.51. The van der Waals surface area contributed by atoms with Crippen LogP contribution in [0.2, 0.25) is 0 Å². The second kappa shape index (κ2) is 6.88. The van der Waals surface area contributed by atoms with Gasteiger partial charge in [-0.3, -0.25) is 14.8 Å². The number of carbonyl (C=O) groups is 1. The molecule has 1 aromatic rings. The maximum atomic E-state index is 12.0. The van der Waals surface area contributed by atoms with E-state index in [1.165, 1.54) is 32.1 Å². The molecule has 1 amide bonds. The van der Waals surface area contributed by atoms with E-state index in [0.29, 0.717) is 11.7 Å². The fraction of sp³-hybridized carbons (Fsp3) is 0.733. The van der Waals surface area contributed by atoms with Gasteiger partial charge in [0.15, 0.2) is 5.82 Å². The fourth-order valence-electron chi connectivity index (χ4n) is 2.58. The summed E-state index contributed by atoms with van der Waals surface area (Å²) < 4.78 is 5.34. The predicted octanol–water partition coefficient (Wildman–Crippen LogP) is 2.85. The van der Waals surface area contributed by atoms with Gasteiger partial charge in [-0.15, -0.1) is 0 Å². The topological polar surface area (TPSA) is 58.2 Å². The van der Waals surface area contributed by atoms with Crippen LogP contribution < -0.4 is 4.90 Å². The third-order valence-electron chi connectivity index (χ3n) is 3.89. The second-order valence-electron chi connectivity index (χ2n) is 5.83. The molecule has 0 spiro atoms. The van der Waals surface area contributed by atoms with E-state index in [0.717, 1.165) is 5.69 Å². The number of aromatic nitrogens is 2. The Kier molecular flexibility index (Phi) is 5.17. The number of hydrogen-bond donors (Lipinski definition) is 1. The molecule has 1 aliphatic carbocycles. The highest BCUT2D eigenvalue weighted by Crippen LogP contribution is 2.32. The highest BCUT2D eigenvalue weighted by atomic mass is 16.5. The molecule has 0 atom stereocenters. The van der Waals surface area contributed by atoms with Gasteiger partial charge >= 0.3 is 0 Å². The Balaban J connectivity index is 1.95. The van der Waals surface area contributed by atoms with Crippen molar-refractivity contribution in [1.29, 1.82) is 0 Å². The molecule has 1 saturated carbocycles. The molecule has 0 aromatic carbocycles. The van der Waals surface area contributed by atoms with Crippen LogP contribution in [0.25, 0.3) is 0 Å². The average Bonchev–Trinajstić information content (AvgIpc) is 2.94. The van der Waals surface area contributed by atoms with Crippen LogP contribution in [-0.4, -0.2) is 35.9 Å². The summed E-state index contributed by atoms with van der Waals surface area (Å²) in [4.78, 5) is 13.5. The van der Waals surface area contributed by atoms with Crippen molar-refractivity contribution in [2.75, 3.05) is 18.6 Å². The van der Waals surface area contributed by atoms with Gasteiger partial charge in [-0.1, -0.05) is 19.3 Å². The molecule has 1 fully saturated rings. The molecule has 1 aliphatic rings. The zero-order valence-electron chi connectivity index (χ0n) is 12.7. The molecule has 1 N–H and O–H groups in total. The van der Waals surface area contributed by atoms with Gasteiger partial charge in [0, 0.05) is 24.7 Å². The maximum absolute atomic E-state index is 12.0. The minimum Gasteiger partial charge on any atom is -0.369 e. The van der Waals surface area contributed by atoms with Crippen LogP contribution in [0.4, 0.5) is 5.82 Å². The van der Waals surface area contributed by atoms with E-state index >= 15 is 0 Å². The summed E-state index contributed by atoms with van der Waals surface area (Å²) in [5, 5.41) is 7.36. The molecule has 0 aliphatic heterocycles. The molecule has 2 rings (SSSR count). The van der Waals surface area contributed by atoms with E-state index < -0.39 is 0 Å². The summed E-state index contributed by atoms with van der Waals surface area (Å²) >= 11 is 0. The Morgan fingerprint density at radius 2 is 2.15 bits per heavy atom. The molecular formula is C15H25N3O2. The van der Waals surface area contributed by atoms with Crippen LogP contribution in [0.3, 0.4) is 0 Å². The van der Waals surface area contributed by atoms with Crippen LogP contribution in [0.1, 0.15) is 57.6 Å². The zero-order valence-corrected chi connectivity index (χ0v) is 12.7. The number of nitrogens with zero attached hydrogens (tertiary/aromatic N) is 2. The highest BCUT2D eigenvalue weighted by Gasteiger charge is 2.20. The molecule has 112 valence electrons. The number of anilines is 1. The summed E-state index contributed by atoms with van der Waals surface area (Å²) in [5.74, 6) is 1.18. The van der Waals surface area contributed by atoms with Crippen molar-refractivity contribution in [3.63, 3.8) is 0 Å². The minimum atomic E-state index is -0.0691. The predicted molar refractivity (Wildman–Crippen MR) is 78.9 cm³/mol. The maximum Gasteiger partial charge on any atom is 0.253 e. The van der Waals surface area contributed by atoms with E-state index in [-0.39, 0.29) is 18.6 Å². The molecule has 5 nitrogen and oxygen atoms in total. The second-order valence-corrected chi connectivity index (χ2v) is 5.83. The number of likely N-dealkylation sites (N-methyl/N-ethyl adjacent to an activating group) is 1. The molecule has 1 aromatic heterocycles. The van der Waals surface area contributed by atoms with Crippen molar-refractivity contribution in [3.8, 4) is 0 Å². The molecule has 5 heteroatoms. The molecule has 0 bridgehead atoms. The lowest BCUT2D eigenvalue weighted by Gasteiger charge is -2.19. The first-order chi connectivity index (χ1) is 9.58. The van der Waals surface area contributed by atoms with Crippen molar-refractivity contribution in [3.05, 3.63) is 11.8 Å². The summed E-state index contributed by atoms with van der Waals surface area (Å²) in [7, 11) is 1.74. The van der Waals surface area contributed by atoms with Crippen molar-refractivity contribution < 1.29 is 9.53 Å². The minimum absolute atomic E-state index is 0.0596. The van der Waals surface area contributed by atoms with Crippen molar-refractivity contribution >= 4 is 11.7 Å². The smallest absolute Gasteiger partial charge is 0.253 e. The zero-order chi connectivity index (χ0) is 14.5. The highest BCUT2D eigenvalue weighted by molar-refractivity contribution is 5.92. The lowest BCUT2D eigenvalue weighted by atomic mass is 9.87. The Labute approximate surface area is 120 Å². The van der Waals surface area contributed by atoms with E-state index in [4.69, 9.17) is 4.74 Å². The Bertz CT molecular complexity index is 436.